The second-order valence-corrected chi connectivity index (χ2v) is 6.68. The molecular weight excluding hydrogens is 399 g/mol. The zero-order valence-corrected chi connectivity index (χ0v) is 17.8. The molecule has 0 aliphatic carbocycles. The third-order valence-electron chi connectivity index (χ3n) is 4.58. The standard InChI is InChI=1S/C24H27FN2O4/c1-5-7-15-31-17-13-14-21(25)20(16-17)18-11-8-9-12-19(18)23(28)26-22(10-6-2)24(29)27(3)30-4/h5-6,8-9,11-14,16,22H,1-2,7,10,15H2,3-4H3,(H,26,28). The lowest BCUT2D eigenvalue weighted by molar-refractivity contribution is -0.170. The van der Waals surface area contributed by atoms with Crippen LogP contribution in [0.1, 0.15) is 23.2 Å². The second kappa shape index (κ2) is 11.7. The molecule has 0 saturated heterocycles. The van der Waals surface area contributed by atoms with Gasteiger partial charge in [0.1, 0.15) is 17.6 Å². The Kier molecular flexibility index (Phi) is 8.96. The largest absolute Gasteiger partial charge is 0.493 e. The van der Waals surface area contributed by atoms with Crippen LogP contribution in [0.4, 0.5) is 4.39 Å². The quantitative estimate of drug-likeness (QED) is 0.333. The van der Waals surface area contributed by atoms with Crippen molar-refractivity contribution in [3.63, 3.8) is 0 Å². The van der Waals surface area contributed by atoms with E-state index in [1.165, 1.54) is 32.4 Å². The van der Waals surface area contributed by atoms with E-state index in [0.29, 0.717) is 24.3 Å². The van der Waals surface area contributed by atoms with Gasteiger partial charge in [-0.15, -0.1) is 13.2 Å². The van der Waals surface area contributed by atoms with E-state index in [9.17, 15) is 14.0 Å². The van der Waals surface area contributed by atoms with Gasteiger partial charge in [0.25, 0.3) is 11.8 Å². The summed E-state index contributed by atoms with van der Waals surface area (Å²) in [6.07, 6.45) is 4.12. The summed E-state index contributed by atoms with van der Waals surface area (Å²) in [6.45, 7) is 7.69. The molecule has 1 unspecified atom stereocenters. The molecule has 31 heavy (non-hydrogen) atoms. The van der Waals surface area contributed by atoms with Crippen LogP contribution in [0.5, 0.6) is 5.75 Å². The number of likely N-dealkylation sites (N-methyl/N-ethyl adjacent to an activating group) is 1. The van der Waals surface area contributed by atoms with Crippen molar-refractivity contribution < 1.29 is 23.6 Å². The zero-order valence-electron chi connectivity index (χ0n) is 17.8. The zero-order chi connectivity index (χ0) is 22.8. The fourth-order valence-corrected chi connectivity index (χ4v) is 2.91. The lowest BCUT2D eigenvalue weighted by Crippen LogP contribution is -2.46. The molecule has 6 nitrogen and oxygen atoms in total. The van der Waals surface area contributed by atoms with Crippen LogP contribution >= 0.6 is 0 Å². The molecule has 0 spiro atoms. The van der Waals surface area contributed by atoms with E-state index < -0.39 is 23.7 Å². The molecule has 0 heterocycles. The van der Waals surface area contributed by atoms with E-state index in [2.05, 4.69) is 18.5 Å². The molecular formula is C24H27FN2O4. The van der Waals surface area contributed by atoms with Gasteiger partial charge in [0, 0.05) is 18.2 Å². The highest BCUT2D eigenvalue weighted by Crippen LogP contribution is 2.30. The first-order valence-corrected chi connectivity index (χ1v) is 9.79. The number of hydrogen-bond acceptors (Lipinski definition) is 4. The SMILES string of the molecule is C=CCCOc1ccc(F)c(-c2ccccc2C(=O)NC(CC=C)C(=O)N(C)OC)c1. The average Bonchev–Trinajstić information content (AvgIpc) is 2.79. The van der Waals surface area contributed by atoms with Gasteiger partial charge in [0.15, 0.2) is 0 Å². The number of hydroxylamine groups is 2. The third kappa shape index (κ3) is 6.26. The average molecular weight is 426 g/mol. The van der Waals surface area contributed by atoms with Crippen LogP contribution in [0, 0.1) is 5.82 Å². The van der Waals surface area contributed by atoms with Gasteiger partial charge in [-0.25, -0.2) is 9.45 Å². The number of halogens is 1. The lowest BCUT2D eigenvalue weighted by atomic mass is 9.98. The number of amides is 2. The Morgan fingerprint density at radius 2 is 1.90 bits per heavy atom. The predicted molar refractivity (Wildman–Crippen MR) is 118 cm³/mol. The van der Waals surface area contributed by atoms with Gasteiger partial charge in [0.05, 0.1) is 13.7 Å². The summed E-state index contributed by atoms with van der Waals surface area (Å²) < 4.78 is 20.3. The molecule has 2 rings (SSSR count). The molecule has 1 atom stereocenters. The van der Waals surface area contributed by atoms with Crippen LogP contribution in [-0.4, -0.2) is 43.7 Å². The number of ether oxygens (including phenoxy) is 1. The van der Waals surface area contributed by atoms with Crippen LogP contribution in [-0.2, 0) is 9.63 Å². The summed E-state index contributed by atoms with van der Waals surface area (Å²) >= 11 is 0. The molecule has 0 radical (unpaired) electrons. The topological polar surface area (TPSA) is 67.9 Å². The Morgan fingerprint density at radius 1 is 1.16 bits per heavy atom. The second-order valence-electron chi connectivity index (χ2n) is 6.68. The number of hydrogen-bond donors (Lipinski definition) is 1. The summed E-state index contributed by atoms with van der Waals surface area (Å²) in [5.74, 6) is -0.959. The van der Waals surface area contributed by atoms with E-state index in [-0.39, 0.29) is 17.5 Å². The van der Waals surface area contributed by atoms with Crippen LogP contribution in [0.25, 0.3) is 11.1 Å². The third-order valence-corrected chi connectivity index (χ3v) is 4.58. The highest BCUT2D eigenvalue weighted by Gasteiger charge is 2.25. The first kappa shape index (κ1) is 23.8. The van der Waals surface area contributed by atoms with E-state index >= 15 is 0 Å². The summed E-state index contributed by atoms with van der Waals surface area (Å²) in [6, 6.07) is 10.1. The summed E-state index contributed by atoms with van der Waals surface area (Å²) in [7, 11) is 2.80. The fraction of sp³-hybridized carbons (Fsp3) is 0.250. The van der Waals surface area contributed by atoms with Gasteiger partial charge < -0.3 is 10.1 Å². The predicted octanol–water partition coefficient (Wildman–Crippen LogP) is 4.14. The minimum absolute atomic E-state index is 0.210. The maximum absolute atomic E-state index is 14.7. The molecule has 0 aliphatic heterocycles. The molecule has 164 valence electrons. The maximum Gasteiger partial charge on any atom is 0.268 e. The van der Waals surface area contributed by atoms with Crippen molar-refractivity contribution in [2.75, 3.05) is 20.8 Å². The van der Waals surface area contributed by atoms with Crippen LogP contribution < -0.4 is 10.1 Å². The normalized spacial score (nSPS) is 11.3. The van der Waals surface area contributed by atoms with Crippen LogP contribution in [0.15, 0.2) is 67.8 Å². The molecule has 0 aliphatic rings. The number of benzene rings is 2. The number of rotatable bonds is 11. The van der Waals surface area contributed by atoms with Crippen molar-refractivity contribution in [3.8, 4) is 16.9 Å². The highest BCUT2D eigenvalue weighted by molar-refractivity contribution is 6.02. The van der Waals surface area contributed by atoms with Crippen LogP contribution in [0.2, 0.25) is 0 Å². The summed E-state index contributed by atoms with van der Waals surface area (Å²) in [5, 5.41) is 3.72. The van der Waals surface area contributed by atoms with Gasteiger partial charge in [-0.3, -0.25) is 14.4 Å². The van der Waals surface area contributed by atoms with E-state index in [0.717, 1.165) is 5.06 Å². The van der Waals surface area contributed by atoms with Gasteiger partial charge in [-0.2, -0.15) is 0 Å². The smallest absolute Gasteiger partial charge is 0.268 e. The highest BCUT2D eigenvalue weighted by atomic mass is 19.1. The summed E-state index contributed by atoms with van der Waals surface area (Å²) in [5.41, 5.74) is 0.839. The Balaban J connectivity index is 2.35. The maximum atomic E-state index is 14.7. The van der Waals surface area contributed by atoms with E-state index in [1.54, 1.807) is 36.4 Å². The number of carbonyl (C=O) groups is 2. The fourth-order valence-electron chi connectivity index (χ4n) is 2.91. The monoisotopic (exact) mass is 426 g/mol. The lowest BCUT2D eigenvalue weighted by Gasteiger charge is -2.22. The van der Waals surface area contributed by atoms with Crippen molar-refractivity contribution in [1.29, 1.82) is 0 Å². The van der Waals surface area contributed by atoms with E-state index in [1.807, 2.05) is 0 Å². The summed E-state index contributed by atoms with van der Waals surface area (Å²) in [4.78, 5) is 30.4. The van der Waals surface area contributed by atoms with Crippen molar-refractivity contribution in [3.05, 3.63) is 79.2 Å². The Labute approximate surface area is 181 Å². The van der Waals surface area contributed by atoms with Gasteiger partial charge in [-0.1, -0.05) is 30.4 Å². The molecule has 2 aromatic carbocycles. The minimum atomic E-state index is -0.874. The molecule has 1 N–H and O–H groups in total. The molecule has 2 aromatic rings. The molecule has 0 fully saturated rings. The Bertz CT molecular complexity index is 945. The molecule has 2 amide bonds. The number of nitrogens with zero attached hydrogens (tertiary/aromatic N) is 1. The Hall–Kier alpha value is -3.45. The van der Waals surface area contributed by atoms with Crippen molar-refractivity contribution in [1.82, 2.24) is 10.4 Å². The molecule has 0 saturated carbocycles. The van der Waals surface area contributed by atoms with Gasteiger partial charge in [-0.05, 0) is 42.7 Å². The molecule has 0 bridgehead atoms. The van der Waals surface area contributed by atoms with Gasteiger partial charge >= 0.3 is 0 Å². The van der Waals surface area contributed by atoms with Crippen LogP contribution in [0.3, 0.4) is 0 Å². The van der Waals surface area contributed by atoms with Crippen molar-refractivity contribution >= 4 is 11.8 Å². The minimum Gasteiger partial charge on any atom is -0.493 e. The first-order valence-electron chi connectivity index (χ1n) is 9.79. The number of carbonyl (C=O) groups excluding carboxylic acids is 2. The first-order chi connectivity index (χ1) is 14.9. The molecule has 0 aromatic heterocycles. The van der Waals surface area contributed by atoms with Crippen molar-refractivity contribution in [2.45, 2.75) is 18.9 Å². The molecule has 7 heteroatoms. The van der Waals surface area contributed by atoms with Crippen molar-refractivity contribution in [2.24, 2.45) is 0 Å². The number of nitrogens with one attached hydrogen (secondary N) is 1. The van der Waals surface area contributed by atoms with Gasteiger partial charge in [0.2, 0.25) is 0 Å². The van der Waals surface area contributed by atoms with E-state index in [4.69, 9.17) is 9.57 Å². The Morgan fingerprint density at radius 3 is 2.58 bits per heavy atom.